The van der Waals surface area contributed by atoms with Gasteiger partial charge < -0.3 is 19.6 Å². The molecule has 2 aromatic carbocycles. The molecular formula is C25H25FN2O5. The number of anilines is 1. The Morgan fingerprint density at radius 3 is 2.55 bits per heavy atom. The summed E-state index contributed by atoms with van der Waals surface area (Å²) < 4.78 is 19.4. The number of benzene rings is 2. The molecule has 1 N–H and O–H groups in total. The summed E-state index contributed by atoms with van der Waals surface area (Å²) in [6.45, 7) is 4.05. The van der Waals surface area contributed by atoms with E-state index in [-0.39, 0.29) is 17.7 Å². The Hall–Kier alpha value is -3.52. The molecule has 0 radical (unpaired) electrons. The Morgan fingerprint density at radius 1 is 1.15 bits per heavy atom. The quantitative estimate of drug-likeness (QED) is 0.315. The highest BCUT2D eigenvalue weighted by molar-refractivity contribution is 6.50. The first-order valence-corrected chi connectivity index (χ1v) is 10.8. The van der Waals surface area contributed by atoms with E-state index >= 15 is 0 Å². The molecule has 1 spiro atoms. The van der Waals surface area contributed by atoms with E-state index < -0.39 is 34.7 Å². The molecule has 1 atom stereocenters. The van der Waals surface area contributed by atoms with Crippen LogP contribution in [0.25, 0.3) is 5.76 Å². The van der Waals surface area contributed by atoms with Crippen LogP contribution in [0, 0.1) is 12.7 Å². The number of nitrogens with zero attached hydrogens (tertiary/aromatic N) is 2. The number of ketones is 1. The average molecular weight is 452 g/mol. The number of ether oxygens (including phenoxy) is 1. The van der Waals surface area contributed by atoms with Crippen molar-refractivity contribution in [3.63, 3.8) is 0 Å². The summed E-state index contributed by atoms with van der Waals surface area (Å²) in [4.78, 5) is 43.2. The Labute approximate surface area is 191 Å². The molecule has 0 aliphatic carbocycles. The van der Waals surface area contributed by atoms with Crippen LogP contribution in [0.1, 0.15) is 30.0 Å². The van der Waals surface area contributed by atoms with Crippen LogP contribution in [0.4, 0.5) is 10.1 Å². The summed E-state index contributed by atoms with van der Waals surface area (Å²) in [6.07, 6.45) is 0.381. The van der Waals surface area contributed by atoms with Crippen molar-refractivity contribution in [2.45, 2.75) is 25.8 Å². The van der Waals surface area contributed by atoms with Crippen molar-refractivity contribution in [3.05, 3.63) is 70.5 Å². The maximum atomic E-state index is 14.3. The molecular weight excluding hydrogens is 427 g/mol. The zero-order valence-electron chi connectivity index (χ0n) is 18.7. The number of fused-ring (bicyclic) bond motifs is 2. The van der Waals surface area contributed by atoms with Gasteiger partial charge in [-0.2, -0.15) is 0 Å². The van der Waals surface area contributed by atoms with E-state index in [1.165, 1.54) is 29.0 Å². The molecule has 2 aliphatic heterocycles. The Balaban J connectivity index is 2.03. The first kappa shape index (κ1) is 22.7. The molecule has 1 unspecified atom stereocenters. The SMILES string of the molecule is CCN1C(=O)C2(C(=C(O)c3ccc(C)c(F)c3)C(=O)C(=O)N2CCCOC)c2ccccc21. The van der Waals surface area contributed by atoms with Gasteiger partial charge in [0.15, 0.2) is 5.54 Å². The highest BCUT2D eigenvalue weighted by Crippen LogP contribution is 2.53. The van der Waals surface area contributed by atoms with Crippen LogP contribution in [-0.2, 0) is 24.7 Å². The second-order valence-electron chi connectivity index (χ2n) is 8.10. The van der Waals surface area contributed by atoms with Crippen molar-refractivity contribution in [1.82, 2.24) is 4.90 Å². The van der Waals surface area contributed by atoms with Crippen molar-refractivity contribution in [2.24, 2.45) is 0 Å². The van der Waals surface area contributed by atoms with Gasteiger partial charge in [0.2, 0.25) is 0 Å². The van der Waals surface area contributed by atoms with Crippen LogP contribution < -0.4 is 4.90 Å². The summed E-state index contributed by atoms with van der Waals surface area (Å²) in [6, 6.07) is 10.9. The van der Waals surface area contributed by atoms with E-state index in [1.807, 2.05) is 0 Å². The summed E-state index contributed by atoms with van der Waals surface area (Å²) in [5.41, 5.74) is -0.804. The van der Waals surface area contributed by atoms with Gasteiger partial charge in [0, 0.05) is 37.9 Å². The summed E-state index contributed by atoms with van der Waals surface area (Å²) in [5, 5.41) is 11.3. The zero-order valence-corrected chi connectivity index (χ0v) is 18.7. The summed E-state index contributed by atoms with van der Waals surface area (Å²) >= 11 is 0. The summed E-state index contributed by atoms with van der Waals surface area (Å²) in [5.74, 6) is -3.52. The molecule has 0 bridgehead atoms. The molecule has 8 heteroatoms. The third-order valence-corrected chi connectivity index (χ3v) is 6.30. The second-order valence-corrected chi connectivity index (χ2v) is 8.10. The summed E-state index contributed by atoms with van der Waals surface area (Å²) in [7, 11) is 1.52. The zero-order chi connectivity index (χ0) is 23.9. The number of methoxy groups -OCH3 is 1. The van der Waals surface area contributed by atoms with Crippen molar-refractivity contribution in [1.29, 1.82) is 0 Å². The fourth-order valence-electron chi connectivity index (χ4n) is 4.73. The number of hydrogen-bond acceptors (Lipinski definition) is 5. The lowest BCUT2D eigenvalue weighted by atomic mass is 9.81. The van der Waals surface area contributed by atoms with Crippen LogP contribution in [0.3, 0.4) is 0 Å². The lowest BCUT2D eigenvalue weighted by Gasteiger charge is -2.34. The molecule has 1 saturated heterocycles. The third kappa shape index (κ3) is 3.16. The van der Waals surface area contributed by atoms with Gasteiger partial charge in [-0.1, -0.05) is 30.3 Å². The number of aliphatic hydroxyl groups excluding tert-OH is 1. The number of likely N-dealkylation sites (N-methyl/N-ethyl adjacent to an activating group) is 1. The van der Waals surface area contributed by atoms with Gasteiger partial charge >= 0.3 is 0 Å². The minimum Gasteiger partial charge on any atom is -0.507 e. The number of para-hydroxylation sites is 1. The largest absolute Gasteiger partial charge is 0.507 e. The number of aryl methyl sites for hydroxylation is 1. The molecule has 33 heavy (non-hydrogen) atoms. The number of hydrogen-bond donors (Lipinski definition) is 1. The minimum absolute atomic E-state index is 0.0209. The van der Waals surface area contributed by atoms with Crippen LogP contribution >= 0.6 is 0 Å². The Bertz CT molecular complexity index is 1190. The predicted molar refractivity (Wildman–Crippen MR) is 120 cm³/mol. The molecule has 1 fully saturated rings. The molecule has 2 amide bonds. The number of amides is 2. The van der Waals surface area contributed by atoms with Gasteiger partial charge in [-0.15, -0.1) is 0 Å². The van der Waals surface area contributed by atoms with Crippen molar-refractivity contribution < 1.29 is 28.6 Å². The van der Waals surface area contributed by atoms with E-state index in [0.717, 1.165) is 6.07 Å². The molecule has 4 rings (SSSR count). The lowest BCUT2D eigenvalue weighted by Crippen LogP contribution is -2.52. The predicted octanol–water partition coefficient (Wildman–Crippen LogP) is 3.11. The Kier molecular flexibility index (Phi) is 5.80. The fraction of sp³-hybridized carbons (Fsp3) is 0.320. The first-order valence-electron chi connectivity index (χ1n) is 10.8. The van der Waals surface area contributed by atoms with Crippen LogP contribution in [0.15, 0.2) is 48.0 Å². The van der Waals surface area contributed by atoms with Crippen LogP contribution in [0.5, 0.6) is 0 Å². The average Bonchev–Trinajstić information content (AvgIpc) is 3.18. The van der Waals surface area contributed by atoms with E-state index in [4.69, 9.17) is 4.74 Å². The second kappa shape index (κ2) is 8.44. The maximum absolute atomic E-state index is 14.3. The van der Waals surface area contributed by atoms with Gasteiger partial charge in [-0.25, -0.2) is 4.39 Å². The first-order chi connectivity index (χ1) is 15.8. The van der Waals surface area contributed by atoms with Gasteiger partial charge in [0.25, 0.3) is 17.6 Å². The number of aliphatic hydroxyl groups is 1. The molecule has 0 aromatic heterocycles. The number of likely N-dealkylation sites (tertiary alicyclic amines) is 1. The molecule has 172 valence electrons. The van der Waals surface area contributed by atoms with E-state index in [2.05, 4.69) is 0 Å². The molecule has 2 aliphatic rings. The molecule has 2 aromatic rings. The normalized spacial score (nSPS) is 21.4. The van der Waals surface area contributed by atoms with Gasteiger partial charge in [0.1, 0.15) is 11.6 Å². The lowest BCUT2D eigenvalue weighted by molar-refractivity contribution is -0.143. The van der Waals surface area contributed by atoms with Crippen LogP contribution in [-0.4, -0.2) is 54.4 Å². The highest BCUT2D eigenvalue weighted by Gasteiger charge is 2.66. The Morgan fingerprint density at radius 2 is 1.88 bits per heavy atom. The smallest absolute Gasteiger partial charge is 0.296 e. The van der Waals surface area contributed by atoms with E-state index in [1.54, 1.807) is 38.1 Å². The molecule has 2 heterocycles. The highest BCUT2D eigenvalue weighted by atomic mass is 19.1. The maximum Gasteiger partial charge on any atom is 0.296 e. The molecule has 7 nitrogen and oxygen atoms in total. The minimum atomic E-state index is -1.83. The fourth-order valence-corrected chi connectivity index (χ4v) is 4.73. The van der Waals surface area contributed by atoms with Crippen molar-refractivity contribution >= 4 is 29.0 Å². The molecule has 0 saturated carbocycles. The number of carbonyl (C=O) groups is 3. The van der Waals surface area contributed by atoms with Crippen molar-refractivity contribution in [3.8, 4) is 0 Å². The topological polar surface area (TPSA) is 87.2 Å². The number of halogens is 1. The standard InChI is InChI=1S/C25H25FN2O5/c1-4-27-19-9-6-5-8-17(19)25(24(27)32)20(21(29)16-11-10-15(2)18(26)14-16)22(30)23(31)28(25)12-7-13-33-3/h5-6,8-11,14,29H,4,7,12-13H2,1-3H3. The van der Waals surface area contributed by atoms with E-state index in [0.29, 0.717) is 36.4 Å². The number of rotatable bonds is 6. The number of Topliss-reactive ketones (excluding diaryl/α,β-unsaturated/α-hetero) is 1. The van der Waals surface area contributed by atoms with E-state index in [9.17, 15) is 23.9 Å². The number of carbonyl (C=O) groups excluding carboxylic acids is 3. The van der Waals surface area contributed by atoms with Crippen molar-refractivity contribution in [2.75, 3.05) is 31.7 Å². The van der Waals surface area contributed by atoms with Gasteiger partial charge in [0.05, 0.1) is 11.3 Å². The van der Waals surface area contributed by atoms with Crippen LogP contribution in [0.2, 0.25) is 0 Å². The van der Waals surface area contributed by atoms with Gasteiger partial charge in [-0.05, 0) is 38.0 Å². The third-order valence-electron chi connectivity index (χ3n) is 6.30. The van der Waals surface area contributed by atoms with Gasteiger partial charge in [-0.3, -0.25) is 14.4 Å². The monoisotopic (exact) mass is 452 g/mol.